The Bertz CT molecular complexity index is 3490. The van der Waals surface area contributed by atoms with Gasteiger partial charge in [-0.1, -0.05) is 48.5 Å². The average molecular weight is 906 g/mol. The Morgan fingerprint density at radius 3 is 1.56 bits per heavy atom. The number of fused-ring (bicyclic) bond motifs is 2. The predicted octanol–water partition coefficient (Wildman–Crippen LogP) is 6.47. The van der Waals surface area contributed by atoms with Crippen LogP contribution in [0.15, 0.2) is 154 Å². The summed E-state index contributed by atoms with van der Waals surface area (Å²) in [5, 5.41) is 15.5. The van der Waals surface area contributed by atoms with Gasteiger partial charge >= 0.3 is 5.69 Å². The van der Waals surface area contributed by atoms with E-state index in [4.69, 9.17) is 0 Å². The number of aromatic amines is 1. The highest BCUT2D eigenvalue weighted by Crippen LogP contribution is 2.36. The molecule has 0 radical (unpaired) electrons. The van der Waals surface area contributed by atoms with Crippen LogP contribution in [-0.4, -0.2) is 66.8 Å². The van der Waals surface area contributed by atoms with E-state index in [0.717, 1.165) is 29.8 Å². The minimum atomic E-state index is -4.94. The molecule has 5 N–H and O–H groups in total. The molecule has 7 aromatic rings. The first-order chi connectivity index (χ1) is 28.6. The van der Waals surface area contributed by atoms with E-state index in [9.17, 15) is 56.7 Å². The molecule has 1 heterocycles. The van der Waals surface area contributed by atoms with Gasteiger partial charge in [0, 0.05) is 34.4 Å². The van der Waals surface area contributed by atoms with Crippen LogP contribution in [0.25, 0.3) is 21.5 Å². The number of hydrogen-bond acceptors (Lipinski definition) is 15. The van der Waals surface area contributed by atoms with Crippen molar-refractivity contribution in [3.05, 3.63) is 142 Å². The number of nitrogens with zero attached hydrogens (tertiary/aromatic N) is 6. The van der Waals surface area contributed by atoms with Gasteiger partial charge in [0.25, 0.3) is 40.5 Å². The molecule has 0 bridgehead atoms. The minimum Gasteiger partial charge on any atom is -0.294 e. The summed E-state index contributed by atoms with van der Waals surface area (Å²) in [5.74, 6) is 0.506. The second-order valence-corrected chi connectivity index (χ2v) is 18.6. The van der Waals surface area contributed by atoms with Gasteiger partial charge in [0.15, 0.2) is 0 Å². The van der Waals surface area contributed by atoms with E-state index in [1.807, 2.05) is 0 Å². The lowest BCUT2D eigenvalue weighted by molar-refractivity contribution is 0.480. The van der Waals surface area contributed by atoms with Crippen molar-refractivity contribution in [1.82, 2.24) is 15.0 Å². The van der Waals surface area contributed by atoms with Gasteiger partial charge in [-0.15, -0.1) is 5.11 Å². The summed E-state index contributed by atoms with van der Waals surface area (Å²) in [6.07, 6.45) is 0.330. The number of aromatic nitrogens is 3. The topological polar surface area (TPSA) is 326 Å². The fourth-order valence-corrected chi connectivity index (χ4v) is 9.18. The molecular weight excluding hydrogens is 879 g/mol. The monoisotopic (exact) mass is 905 g/mol. The molecule has 6 aromatic carbocycles. The van der Waals surface area contributed by atoms with Crippen molar-refractivity contribution in [2.75, 3.05) is 0 Å². The third kappa shape index (κ3) is 9.77. The van der Waals surface area contributed by atoms with Crippen molar-refractivity contribution in [1.29, 1.82) is 0 Å². The lowest BCUT2D eigenvalue weighted by Crippen LogP contribution is -2.18. The summed E-state index contributed by atoms with van der Waals surface area (Å²) in [5.41, 5.74) is 1.21. The van der Waals surface area contributed by atoms with E-state index < -0.39 is 65.7 Å². The molecule has 7 rings (SSSR count). The van der Waals surface area contributed by atoms with Crippen molar-refractivity contribution in [3.8, 4) is 0 Å². The van der Waals surface area contributed by atoms with E-state index in [1.54, 1.807) is 48.5 Å². The average Bonchev–Trinajstić information content (AvgIpc) is 3.17. The molecule has 0 atom stereocenters. The first-order valence-corrected chi connectivity index (χ1v) is 22.9. The van der Waals surface area contributed by atoms with Crippen LogP contribution >= 0.6 is 0 Å². The molecule has 0 aliphatic rings. The Morgan fingerprint density at radius 1 is 0.475 bits per heavy atom. The third-order valence-corrected chi connectivity index (χ3v) is 12.5. The molecule has 1 aromatic heterocycles. The van der Waals surface area contributed by atoms with Crippen molar-refractivity contribution >= 4 is 84.8 Å². The molecule has 0 saturated heterocycles. The zero-order chi connectivity index (χ0) is 43.9. The molecule has 0 aliphatic heterocycles. The van der Waals surface area contributed by atoms with Crippen molar-refractivity contribution in [3.63, 3.8) is 0 Å². The molecule has 0 saturated carbocycles. The lowest BCUT2D eigenvalue weighted by atomic mass is 10.1. The predicted molar refractivity (Wildman–Crippen MR) is 217 cm³/mol. The van der Waals surface area contributed by atoms with Crippen LogP contribution in [0.1, 0.15) is 22.8 Å². The number of rotatable bonds is 12. The molecule has 0 spiro atoms. The molecule has 312 valence electrons. The van der Waals surface area contributed by atoms with Gasteiger partial charge in [-0.05, 0) is 71.8 Å². The second-order valence-electron chi connectivity index (χ2n) is 13.1. The Morgan fingerprint density at radius 2 is 0.967 bits per heavy atom. The maximum Gasteiger partial charge on any atom is 0.348 e. The normalized spacial score (nSPS) is 12.9. The first kappa shape index (κ1) is 42.6. The molecule has 0 fully saturated rings. The van der Waals surface area contributed by atoms with Crippen LogP contribution in [0.4, 0.5) is 22.7 Å². The van der Waals surface area contributed by atoms with Crippen LogP contribution in [0.2, 0.25) is 0 Å². The lowest BCUT2D eigenvalue weighted by Gasteiger charge is -2.09. The van der Waals surface area contributed by atoms with Gasteiger partial charge in [0.2, 0.25) is 0 Å². The quantitative estimate of drug-likeness (QED) is 0.0648. The second kappa shape index (κ2) is 16.2. The number of hydrogen-bond donors (Lipinski definition) is 5. The molecule has 24 heteroatoms. The van der Waals surface area contributed by atoms with E-state index >= 15 is 0 Å². The van der Waals surface area contributed by atoms with Crippen LogP contribution in [0, 0.1) is 0 Å². The standard InChI is InChI=1S/C37H27N7O13S4/c45-37-39-34(18-21-4-8-23(9-5-21)41-43-25-12-13-27-29(20-25)33(60(52,53)54)17-16-32(27)59(49,50)51)38-35(40-37)19-22-6-10-24(11-7-22)42-44-30-15-14-26-28(36(30)61(55,56)57)2-1-3-31(26)58(46,47)48/h1-17,20H,18-19H2,(H,46,47,48)(H,49,50,51)(H,52,53,54)(H,55,56,57)(H,38,39,40,45). The SMILES string of the molecule is O=c1nc(Cc2ccc(N=Nc3ccc4c(S(=O)(=O)O)cccc4c3S(=O)(=O)O)cc2)nc(Cc2ccc(N=Nc3ccc4c(S(=O)(=O)O)ccc(S(=O)(=O)O)c4c3)cc2)[nH]1. The van der Waals surface area contributed by atoms with Crippen LogP contribution in [-0.2, 0) is 53.3 Å². The molecule has 0 unspecified atom stereocenters. The number of benzene rings is 6. The minimum absolute atomic E-state index is 0.107. The van der Waals surface area contributed by atoms with Gasteiger partial charge in [-0.25, -0.2) is 9.78 Å². The van der Waals surface area contributed by atoms with Gasteiger partial charge < -0.3 is 0 Å². The highest BCUT2D eigenvalue weighted by molar-refractivity contribution is 7.87. The third-order valence-electron chi connectivity index (χ3n) is 8.87. The van der Waals surface area contributed by atoms with E-state index in [0.29, 0.717) is 17.1 Å². The van der Waals surface area contributed by atoms with Gasteiger partial charge in [-0.3, -0.25) is 23.2 Å². The Labute approximate surface area is 345 Å². The summed E-state index contributed by atoms with van der Waals surface area (Å²) in [4.78, 5) is 21.1. The van der Waals surface area contributed by atoms with E-state index in [2.05, 4.69) is 35.4 Å². The van der Waals surface area contributed by atoms with E-state index in [-0.39, 0.29) is 57.3 Å². The molecule has 61 heavy (non-hydrogen) atoms. The van der Waals surface area contributed by atoms with Crippen LogP contribution in [0.5, 0.6) is 0 Å². The fraction of sp³-hybridized carbons (Fsp3) is 0.0541. The summed E-state index contributed by atoms with van der Waals surface area (Å²) >= 11 is 0. The Hall–Kier alpha value is -6.51. The van der Waals surface area contributed by atoms with Crippen molar-refractivity contribution in [2.24, 2.45) is 20.5 Å². The zero-order valence-corrected chi connectivity index (χ0v) is 33.9. The smallest absolute Gasteiger partial charge is 0.294 e. The molecule has 0 amide bonds. The Balaban J connectivity index is 1.04. The van der Waals surface area contributed by atoms with Crippen LogP contribution < -0.4 is 5.69 Å². The number of nitrogens with one attached hydrogen (secondary N) is 1. The van der Waals surface area contributed by atoms with Crippen molar-refractivity contribution in [2.45, 2.75) is 32.4 Å². The number of azo groups is 2. The molecule has 20 nitrogen and oxygen atoms in total. The van der Waals surface area contributed by atoms with Gasteiger partial charge in [0.1, 0.15) is 36.9 Å². The molecule has 0 aliphatic carbocycles. The largest absolute Gasteiger partial charge is 0.348 e. The van der Waals surface area contributed by atoms with Crippen molar-refractivity contribution < 1.29 is 51.9 Å². The maximum absolute atomic E-state index is 12.5. The maximum atomic E-state index is 12.5. The summed E-state index contributed by atoms with van der Waals surface area (Å²) in [6.45, 7) is 0. The first-order valence-electron chi connectivity index (χ1n) is 17.1. The highest BCUT2D eigenvalue weighted by Gasteiger charge is 2.24. The van der Waals surface area contributed by atoms with Gasteiger partial charge in [0.05, 0.1) is 17.1 Å². The van der Waals surface area contributed by atoms with Gasteiger partial charge in [-0.2, -0.15) is 54.0 Å². The Kier molecular flexibility index (Phi) is 11.3. The summed E-state index contributed by atoms with van der Waals surface area (Å²) < 4.78 is 135. The number of H-pyrrole nitrogens is 1. The summed E-state index contributed by atoms with van der Waals surface area (Å²) in [6, 6.07) is 24.4. The fourth-order valence-electron chi connectivity index (χ4n) is 6.26. The highest BCUT2D eigenvalue weighted by atomic mass is 32.2. The van der Waals surface area contributed by atoms with Crippen LogP contribution in [0.3, 0.4) is 0 Å². The molecular formula is C37H27N7O13S4. The zero-order valence-electron chi connectivity index (χ0n) is 30.6. The van der Waals surface area contributed by atoms with E-state index in [1.165, 1.54) is 36.4 Å². The summed E-state index contributed by atoms with van der Waals surface area (Å²) in [7, 11) is -19.2.